The molecule has 5 nitrogen and oxygen atoms in total. The number of rotatable bonds is 3. The zero-order valence-corrected chi connectivity index (χ0v) is 18.7. The number of hydrogen-bond acceptors (Lipinski definition) is 5. The summed E-state index contributed by atoms with van der Waals surface area (Å²) in [5.74, 6) is 0.802. The Bertz CT molecular complexity index is 1110. The van der Waals surface area contributed by atoms with Crippen LogP contribution in [0.5, 0.6) is 0 Å². The summed E-state index contributed by atoms with van der Waals surface area (Å²) in [5.41, 5.74) is 2.24. The molecule has 4 rings (SSSR count). The lowest BCUT2D eigenvalue weighted by Crippen LogP contribution is -2.37. The van der Waals surface area contributed by atoms with Crippen LogP contribution < -0.4 is 10.9 Å². The van der Waals surface area contributed by atoms with E-state index in [2.05, 4.69) is 29.1 Å². The number of nitrogens with one attached hydrogen (secondary N) is 2. The molecule has 152 valence electrons. The first-order chi connectivity index (χ1) is 13.7. The van der Waals surface area contributed by atoms with Gasteiger partial charge in [-0.2, -0.15) is 0 Å². The minimum Gasteiger partial charge on any atom is -0.343 e. The maximum atomic E-state index is 13.2. The lowest BCUT2D eigenvalue weighted by molar-refractivity contribution is -0.118. The standard InChI is InChI=1S/C21H21Cl2N3O2S/c1-4-29-20-25-18-17(19(28)26-20)15(10-5-6-11(22)12(23)7-10)16-13(24-18)8-21(2,3)9-14(16)27/h5-7,15H,4,8-9H2,1-3H3,(H2,24,25,26,28). The van der Waals surface area contributed by atoms with Gasteiger partial charge in [0.15, 0.2) is 10.9 Å². The van der Waals surface area contributed by atoms with Gasteiger partial charge in [-0.15, -0.1) is 0 Å². The van der Waals surface area contributed by atoms with E-state index in [1.807, 2.05) is 13.0 Å². The molecule has 0 fully saturated rings. The number of halogens is 2. The number of carbonyl (C=O) groups excluding carboxylic acids is 1. The van der Waals surface area contributed by atoms with E-state index < -0.39 is 5.92 Å². The average Bonchev–Trinajstić information content (AvgIpc) is 2.61. The topological polar surface area (TPSA) is 74.8 Å². The van der Waals surface area contributed by atoms with E-state index in [1.54, 1.807) is 12.1 Å². The van der Waals surface area contributed by atoms with E-state index in [4.69, 9.17) is 23.2 Å². The van der Waals surface area contributed by atoms with E-state index in [0.29, 0.717) is 45.0 Å². The Balaban J connectivity index is 1.97. The largest absolute Gasteiger partial charge is 0.343 e. The van der Waals surface area contributed by atoms with Crippen LogP contribution >= 0.6 is 35.0 Å². The summed E-state index contributed by atoms with van der Waals surface area (Å²) in [5, 5.41) is 4.68. The molecule has 1 aromatic carbocycles. The van der Waals surface area contributed by atoms with Crippen LogP contribution in [0.2, 0.25) is 10.0 Å². The van der Waals surface area contributed by atoms with Crippen molar-refractivity contribution in [2.75, 3.05) is 11.1 Å². The van der Waals surface area contributed by atoms with E-state index in [0.717, 1.165) is 17.0 Å². The molecule has 29 heavy (non-hydrogen) atoms. The lowest BCUT2D eigenvalue weighted by Gasteiger charge is -2.38. The minimum absolute atomic E-state index is 0.0388. The summed E-state index contributed by atoms with van der Waals surface area (Å²) in [6.45, 7) is 6.15. The summed E-state index contributed by atoms with van der Waals surface area (Å²) in [7, 11) is 0. The molecule has 2 N–H and O–H groups in total. The van der Waals surface area contributed by atoms with Gasteiger partial charge in [0, 0.05) is 23.6 Å². The minimum atomic E-state index is -0.531. The summed E-state index contributed by atoms with van der Waals surface area (Å²) < 4.78 is 0. The van der Waals surface area contributed by atoms with Crippen molar-refractivity contribution in [3.8, 4) is 0 Å². The zero-order chi connectivity index (χ0) is 20.9. The molecule has 8 heteroatoms. The molecule has 0 amide bonds. The molecule has 0 spiro atoms. The van der Waals surface area contributed by atoms with Crippen molar-refractivity contribution in [2.24, 2.45) is 5.41 Å². The number of benzene rings is 1. The van der Waals surface area contributed by atoms with Gasteiger partial charge in [-0.3, -0.25) is 9.59 Å². The number of Topliss-reactive ketones (excluding diaryl/α,β-unsaturated/α-hetero) is 1. The molecule has 2 aliphatic rings. The summed E-state index contributed by atoms with van der Waals surface area (Å²) in [6, 6.07) is 5.25. The van der Waals surface area contributed by atoms with Crippen LogP contribution in [-0.4, -0.2) is 21.5 Å². The van der Waals surface area contributed by atoms with Crippen molar-refractivity contribution >= 4 is 46.6 Å². The van der Waals surface area contributed by atoms with Gasteiger partial charge in [0.1, 0.15) is 5.82 Å². The average molecular weight is 450 g/mol. The Morgan fingerprint density at radius 2 is 1.97 bits per heavy atom. The molecule has 0 radical (unpaired) electrons. The quantitative estimate of drug-likeness (QED) is 0.485. The number of anilines is 1. The van der Waals surface area contributed by atoms with Crippen molar-refractivity contribution in [1.82, 2.24) is 9.97 Å². The number of aromatic nitrogens is 2. The van der Waals surface area contributed by atoms with Gasteiger partial charge < -0.3 is 10.3 Å². The second-order valence-corrected chi connectivity index (χ2v) is 10.2. The van der Waals surface area contributed by atoms with Crippen molar-refractivity contribution < 1.29 is 4.79 Å². The van der Waals surface area contributed by atoms with Gasteiger partial charge in [0.05, 0.1) is 15.6 Å². The summed E-state index contributed by atoms with van der Waals surface area (Å²) in [4.78, 5) is 33.7. The highest BCUT2D eigenvalue weighted by Gasteiger charge is 2.42. The number of allylic oxidation sites excluding steroid dienone is 2. The van der Waals surface area contributed by atoms with E-state index >= 15 is 0 Å². The molecule has 0 saturated carbocycles. The van der Waals surface area contributed by atoms with Crippen molar-refractivity contribution in [2.45, 2.75) is 44.7 Å². The monoisotopic (exact) mass is 449 g/mol. The van der Waals surface area contributed by atoms with Crippen LogP contribution in [0, 0.1) is 5.41 Å². The number of hydrogen-bond donors (Lipinski definition) is 2. The Hall–Kier alpha value is -1.76. The molecule has 1 aromatic heterocycles. The molecule has 2 heterocycles. The van der Waals surface area contributed by atoms with Gasteiger partial charge in [0.25, 0.3) is 5.56 Å². The van der Waals surface area contributed by atoms with Gasteiger partial charge >= 0.3 is 0 Å². The Morgan fingerprint density at radius 3 is 2.66 bits per heavy atom. The summed E-state index contributed by atoms with van der Waals surface area (Å²) in [6.07, 6.45) is 1.13. The number of carbonyl (C=O) groups is 1. The van der Waals surface area contributed by atoms with Crippen molar-refractivity contribution in [3.05, 3.63) is 61.0 Å². The highest BCUT2D eigenvalue weighted by molar-refractivity contribution is 7.99. The molecule has 1 unspecified atom stereocenters. The van der Waals surface area contributed by atoms with Crippen LogP contribution in [0.3, 0.4) is 0 Å². The van der Waals surface area contributed by atoms with Gasteiger partial charge in [-0.25, -0.2) is 4.98 Å². The number of nitrogens with zero attached hydrogens (tertiary/aromatic N) is 1. The second kappa shape index (κ2) is 7.49. The highest BCUT2D eigenvalue weighted by atomic mass is 35.5. The molecule has 0 saturated heterocycles. The first kappa shape index (κ1) is 20.5. The first-order valence-electron chi connectivity index (χ1n) is 9.45. The Kier molecular flexibility index (Phi) is 5.30. The normalized spacial score (nSPS) is 20.2. The lowest BCUT2D eigenvalue weighted by atomic mass is 9.69. The van der Waals surface area contributed by atoms with Gasteiger partial charge in [0.2, 0.25) is 0 Å². The van der Waals surface area contributed by atoms with Crippen molar-refractivity contribution in [1.29, 1.82) is 0 Å². The fourth-order valence-electron chi connectivity index (χ4n) is 4.12. The van der Waals surface area contributed by atoms with Crippen LogP contribution in [-0.2, 0) is 4.79 Å². The van der Waals surface area contributed by atoms with E-state index in [1.165, 1.54) is 11.8 Å². The van der Waals surface area contributed by atoms with E-state index in [9.17, 15) is 9.59 Å². The van der Waals surface area contributed by atoms with E-state index in [-0.39, 0.29) is 16.8 Å². The summed E-state index contributed by atoms with van der Waals surface area (Å²) >= 11 is 13.8. The molecule has 1 aliphatic carbocycles. The zero-order valence-electron chi connectivity index (χ0n) is 16.4. The Morgan fingerprint density at radius 1 is 1.21 bits per heavy atom. The number of fused-ring (bicyclic) bond motifs is 1. The predicted molar refractivity (Wildman–Crippen MR) is 118 cm³/mol. The van der Waals surface area contributed by atoms with Gasteiger partial charge in [-0.1, -0.05) is 61.8 Å². The molecule has 0 bridgehead atoms. The van der Waals surface area contributed by atoms with Crippen LogP contribution in [0.1, 0.15) is 50.7 Å². The highest BCUT2D eigenvalue weighted by Crippen LogP contribution is 2.48. The van der Waals surface area contributed by atoms with Crippen LogP contribution in [0.15, 0.2) is 39.4 Å². The van der Waals surface area contributed by atoms with Crippen LogP contribution in [0.25, 0.3) is 0 Å². The number of aromatic amines is 1. The fourth-order valence-corrected chi connectivity index (χ4v) is 5.02. The van der Waals surface area contributed by atoms with Gasteiger partial charge in [-0.05, 0) is 35.3 Å². The molecule has 1 aliphatic heterocycles. The molecular weight excluding hydrogens is 429 g/mol. The second-order valence-electron chi connectivity index (χ2n) is 8.13. The number of thioether (sulfide) groups is 1. The van der Waals surface area contributed by atoms with Crippen molar-refractivity contribution in [3.63, 3.8) is 0 Å². The molecular formula is C21H21Cl2N3O2S. The van der Waals surface area contributed by atoms with Crippen LogP contribution in [0.4, 0.5) is 5.82 Å². The number of H-pyrrole nitrogens is 1. The number of ketones is 1. The smallest absolute Gasteiger partial charge is 0.257 e. The SMILES string of the molecule is CCSc1nc2c(c(=O)[nH]1)C(c1ccc(Cl)c(Cl)c1)C1=C(CC(C)(C)CC1=O)N2. The maximum absolute atomic E-state index is 13.2. The third-order valence-electron chi connectivity index (χ3n) is 5.26. The molecule has 2 aromatic rings. The molecule has 1 atom stereocenters. The fraction of sp³-hybridized carbons (Fsp3) is 0.381. The third-order valence-corrected chi connectivity index (χ3v) is 6.75. The Labute approximate surface area is 183 Å². The third kappa shape index (κ3) is 3.74. The maximum Gasteiger partial charge on any atom is 0.257 e. The first-order valence-corrected chi connectivity index (χ1v) is 11.2. The predicted octanol–water partition coefficient (Wildman–Crippen LogP) is 5.39.